The molecule has 0 aliphatic carbocycles. The van der Waals surface area contributed by atoms with Crippen molar-refractivity contribution >= 4 is 20.7 Å². The largest absolute Gasteiger partial charge is 0.494 e. The fraction of sp³-hybridized carbons (Fsp3) is 0.286. The molecule has 0 saturated heterocycles. The van der Waals surface area contributed by atoms with Crippen molar-refractivity contribution in [3.63, 3.8) is 0 Å². The van der Waals surface area contributed by atoms with Crippen LogP contribution in [0.4, 0.5) is 4.39 Å². The van der Waals surface area contributed by atoms with Gasteiger partial charge < -0.3 is 9.30 Å². The third-order valence-corrected chi connectivity index (χ3v) is 6.26. The smallest absolute Gasteiger partial charge is 0.211 e. The Kier molecular flexibility index (Phi) is 5.84. The molecule has 1 aromatic heterocycles. The van der Waals surface area contributed by atoms with Gasteiger partial charge in [-0.05, 0) is 55.8 Å². The highest BCUT2D eigenvalue weighted by molar-refractivity contribution is 7.91. The molecule has 0 fully saturated rings. The summed E-state index contributed by atoms with van der Waals surface area (Å²) < 4.78 is 46.6. The second-order valence-electron chi connectivity index (χ2n) is 6.44. The number of benzene rings is 2. The highest BCUT2D eigenvalue weighted by Crippen LogP contribution is 2.24. The molecule has 2 aromatic carbocycles. The molecule has 3 rings (SSSR count). The quantitative estimate of drug-likeness (QED) is 0.556. The number of sulfone groups is 1. The Morgan fingerprint density at radius 2 is 1.79 bits per heavy atom. The second kappa shape index (κ2) is 8.14. The van der Waals surface area contributed by atoms with Gasteiger partial charge >= 0.3 is 0 Å². The molecule has 5 nitrogen and oxygen atoms in total. The lowest BCUT2D eigenvalue weighted by Gasteiger charge is -2.14. The Hall–Kier alpha value is -2.67. The summed E-state index contributed by atoms with van der Waals surface area (Å²) in [6.45, 7) is 4.88. The van der Waals surface area contributed by atoms with E-state index in [1.54, 1.807) is 22.8 Å². The summed E-state index contributed by atoms with van der Waals surface area (Å²) >= 11 is 0. The summed E-state index contributed by atoms with van der Waals surface area (Å²) in [5.41, 5.74) is 0.0635. The van der Waals surface area contributed by atoms with E-state index in [1.165, 1.54) is 18.3 Å². The van der Waals surface area contributed by atoms with Crippen molar-refractivity contribution in [2.75, 3.05) is 6.61 Å². The van der Waals surface area contributed by atoms with Crippen molar-refractivity contribution in [3.8, 4) is 5.75 Å². The Morgan fingerprint density at radius 1 is 1.07 bits per heavy atom. The fourth-order valence-electron chi connectivity index (χ4n) is 3.05. The van der Waals surface area contributed by atoms with Crippen LogP contribution < -0.4 is 10.2 Å². The van der Waals surface area contributed by atoms with Gasteiger partial charge in [0, 0.05) is 12.7 Å². The van der Waals surface area contributed by atoms with Gasteiger partial charge in [0.15, 0.2) is 0 Å². The van der Waals surface area contributed by atoms with Crippen LogP contribution in [0.5, 0.6) is 5.75 Å². The number of aryl methyl sites for hydroxylation is 1. The minimum Gasteiger partial charge on any atom is -0.494 e. The lowest BCUT2D eigenvalue weighted by atomic mass is 10.2. The summed E-state index contributed by atoms with van der Waals surface area (Å²) in [5.74, 6) is -0.0374. The molecular weight excluding hydrogens is 381 g/mol. The standard InChI is InChI=1S/C21H22FNO4S/c1-3-5-12-23-14-20(28(25,26)17-9-6-15(22)7-10-17)21(24)18-13-16(27-4-2)8-11-19(18)23/h6-11,13-14H,3-5,12H2,1-2H3. The average molecular weight is 403 g/mol. The molecule has 7 heteroatoms. The summed E-state index contributed by atoms with van der Waals surface area (Å²) in [6.07, 6.45) is 3.14. The molecule has 0 N–H and O–H groups in total. The first-order chi connectivity index (χ1) is 13.4. The van der Waals surface area contributed by atoms with Gasteiger partial charge in [-0.25, -0.2) is 12.8 Å². The van der Waals surface area contributed by atoms with E-state index in [4.69, 9.17) is 4.74 Å². The first kappa shape index (κ1) is 20.1. The summed E-state index contributed by atoms with van der Waals surface area (Å²) in [4.78, 5) is 12.6. The summed E-state index contributed by atoms with van der Waals surface area (Å²) in [6, 6.07) is 9.58. The number of rotatable bonds is 7. The predicted octanol–water partition coefficient (Wildman–Crippen LogP) is 4.17. The lowest BCUT2D eigenvalue weighted by Crippen LogP contribution is -2.19. The van der Waals surface area contributed by atoms with Crippen molar-refractivity contribution < 1.29 is 17.5 Å². The van der Waals surface area contributed by atoms with Crippen LogP contribution in [0.15, 0.2) is 63.2 Å². The third kappa shape index (κ3) is 3.80. The van der Waals surface area contributed by atoms with Gasteiger partial charge in [0.2, 0.25) is 15.3 Å². The van der Waals surface area contributed by atoms with Crippen LogP contribution in [0.3, 0.4) is 0 Å². The molecule has 0 unspecified atom stereocenters. The number of fused-ring (bicyclic) bond motifs is 1. The summed E-state index contributed by atoms with van der Waals surface area (Å²) in [7, 11) is -4.09. The minimum absolute atomic E-state index is 0.117. The van der Waals surface area contributed by atoms with E-state index in [0.29, 0.717) is 24.4 Å². The number of aromatic nitrogens is 1. The van der Waals surface area contributed by atoms with Crippen molar-refractivity contribution in [3.05, 3.63) is 64.7 Å². The molecule has 0 aliphatic rings. The molecular formula is C21H22FNO4S. The molecule has 3 aromatic rings. The molecule has 0 radical (unpaired) electrons. The molecule has 148 valence electrons. The Labute approximate surface area is 163 Å². The highest BCUT2D eigenvalue weighted by Gasteiger charge is 2.24. The van der Waals surface area contributed by atoms with E-state index in [1.807, 2.05) is 13.8 Å². The SMILES string of the molecule is CCCCn1cc(S(=O)(=O)c2ccc(F)cc2)c(=O)c2cc(OCC)ccc21. The molecule has 0 atom stereocenters. The van der Waals surface area contributed by atoms with Crippen molar-refractivity contribution in [1.29, 1.82) is 0 Å². The van der Waals surface area contributed by atoms with Crippen LogP contribution in [0, 0.1) is 5.82 Å². The number of hydrogen-bond acceptors (Lipinski definition) is 4. The van der Waals surface area contributed by atoms with Crippen LogP contribution in [-0.4, -0.2) is 19.6 Å². The topological polar surface area (TPSA) is 65.4 Å². The normalized spacial score (nSPS) is 11.7. The van der Waals surface area contributed by atoms with E-state index in [-0.39, 0.29) is 15.2 Å². The summed E-state index contributed by atoms with van der Waals surface area (Å²) in [5, 5.41) is 0.283. The monoisotopic (exact) mass is 403 g/mol. The maximum atomic E-state index is 13.2. The van der Waals surface area contributed by atoms with Gasteiger partial charge in [-0.15, -0.1) is 0 Å². The zero-order valence-electron chi connectivity index (χ0n) is 15.8. The van der Waals surface area contributed by atoms with Crippen molar-refractivity contribution in [1.82, 2.24) is 4.57 Å². The first-order valence-corrected chi connectivity index (χ1v) is 10.7. The molecule has 0 amide bonds. The molecule has 28 heavy (non-hydrogen) atoms. The van der Waals surface area contributed by atoms with Crippen LogP contribution in [0.25, 0.3) is 10.9 Å². The van der Waals surface area contributed by atoms with Gasteiger partial charge in [-0.3, -0.25) is 4.79 Å². The first-order valence-electron chi connectivity index (χ1n) is 9.19. The average Bonchev–Trinajstić information content (AvgIpc) is 2.68. The number of halogens is 1. The van der Waals surface area contributed by atoms with E-state index < -0.39 is 21.1 Å². The number of unbranched alkanes of at least 4 members (excludes halogenated alkanes) is 1. The molecule has 0 spiro atoms. The second-order valence-corrected chi connectivity index (χ2v) is 8.36. The zero-order chi connectivity index (χ0) is 20.3. The van der Waals surface area contributed by atoms with E-state index in [0.717, 1.165) is 25.0 Å². The lowest BCUT2D eigenvalue weighted by molar-refractivity contribution is 0.340. The van der Waals surface area contributed by atoms with E-state index in [2.05, 4.69) is 0 Å². The molecule has 0 bridgehead atoms. The zero-order valence-corrected chi connectivity index (χ0v) is 16.6. The number of nitrogens with zero attached hydrogens (tertiary/aromatic N) is 1. The van der Waals surface area contributed by atoms with Crippen LogP contribution in [-0.2, 0) is 16.4 Å². The number of ether oxygens (including phenoxy) is 1. The fourth-order valence-corrected chi connectivity index (χ4v) is 4.42. The molecule has 0 saturated carbocycles. The molecule has 0 aliphatic heterocycles. The maximum absolute atomic E-state index is 13.2. The maximum Gasteiger partial charge on any atom is 0.211 e. The Bertz CT molecular complexity index is 1150. The van der Waals surface area contributed by atoms with E-state index in [9.17, 15) is 17.6 Å². The van der Waals surface area contributed by atoms with Gasteiger partial charge in [0.1, 0.15) is 16.5 Å². The van der Waals surface area contributed by atoms with Gasteiger partial charge in [0.05, 0.1) is 22.4 Å². The predicted molar refractivity (Wildman–Crippen MR) is 106 cm³/mol. The highest BCUT2D eigenvalue weighted by atomic mass is 32.2. The Balaban J connectivity index is 2.27. The van der Waals surface area contributed by atoms with Crippen LogP contribution in [0.2, 0.25) is 0 Å². The van der Waals surface area contributed by atoms with Crippen LogP contribution in [0.1, 0.15) is 26.7 Å². The third-order valence-electron chi connectivity index (χ3n) is 4.50. The van der Waals surface area contributed by atoms with E-state index >= 15 is 0 Å². The minimum atomic E-state index is -4.09. The molecule has 1 heterocycles. The van der Waals surface area contributed by atoms with Gasteiger partial charge in [-0.1, -0.05) is 13.3 Å². The van der Waals surface area contributed by atoms with Gasteiger partial charge in [-0.2, -0.15) is 0 Å². The van der Waals surface area contributed by atoms with Crippen molar-refractivity contribution in [2.24, 2.45) is 0 Å². The van der Waals surface area contributed by atoms with Crippen LogP contribution >= 0.6 is 0 Å². The Morgan fingerprint density at radius 3 is 2.43 bits per heavy atom. The van der Waals surface area contributed by atoms with Crippen molar-refractivity contribution in [2.45, 2.75) is 43.0 Å². The number of hydrogen-bond donors (Lipinski definition) is 0. The number of pyridine rings is 1. The van der Waals surface area contributed by atoms with Gasteiger partial charge in [0.25, 0.3) is 0 Å².